The number of benzene rings is 1. The highest BCUT2D eigenvalue weighted by molar-refractivity contribution is 7.85. The lowest BCUT2D eigenvalue weighted by Crippen LogP contribution is -2.37. The molecule has 0 bridgehead atoms. The van der Waals surface area contributed by atoms with E-state index in [-0.39, 0.29) is 30.1 Å². The van der Waals surface area contributed by atoms with E-state index in [1.807, 2.05) is 0 Å². The van der Waals surface area contributed by atoms with Crippen molar-refractivity contribution in [3.63, 3.8) is 0 Å². The monoisotopic (exact) mass is 396 g/mol. The Bertz CT molecular complexity index is 921. The third kappa shape index (κ3) is 6.07. The maximum atomic E-state index is 11.9. The summed E-state index contributed by atoms with van der Waals surface area (Å²) in [5, 5.41) is 4.71. The van der Waals surface area contributed by atoms with E-state index < -0.39 is 22.3 Å². The van der Waals surface area contributed by atoms with Crippen molar-refractivity contribution in [2.75, 3.05) is 24.3 Å². The summed E-state index contributed by atoms with van der Waals surface area (Å²) in [7, 11) is -3.18. The summed E-state index contributed by atoms with van der Waals surface area (Å²) in [6.45, 7) is 1.97. The largest absolute Gasteiger partial charge is 0.464 e. The van der Waals surface area contributed by atoms with Crippen molar-refractivity contribution in [1.82, 2.24) is 19.7 Å². The van der Waals surface area contributed by atoms with Crippen molar-refractivity contribution in [2.45, 2.75) is 6.92 Å². The molecule has 1 aromatic carbocycles. The van der Waals surface area contributed by atoms with E-state index in [4.69, 9.17) is 4.74 Å². The Kier molecular flexibility index (Phi) is 6.43. The van der Waals surface area contributed by atoms with Gasteiger partial charge in [-0.15, -0.1) is 0 Å². The zero-order valence-electron chi connectivity index (χ0n) is 14.3. The SMILES string of the molecule is CCOc1nc(NC)nc(NC(=O)NS(=O)(=O)OC(=O)c2ccccc2)n1. The molecule has 2 rings (SSSR count). The number of carbonyl (C=O) groups excluding carboxylic acids is 2. The lowest BCUT2D eigenvalue weighted by Gasteiger charge is -2.09. The van der Waals surface area contributed by atoms with Crippen LogP contribution >= 0.6 is 0 Å². The first-order valence-corrected chi connectivity index (χ1v) is 8.93. The maximum absolute atomic E-state index is 11.9. The highest BCUT2D eigenvalue weighted by Crippen LogP contribution is 2.11. The lowest BCUT2D eigenvalue weighted by molar-refractivity contribution is 0.0745. The minimum Gasteiger partial charge on any atom is -0.464 e. The van der Waals surface area contributed by atoms with E-state index in [9.17, 15) is 18.0 Å². The second-order valence-electron chi connectivity index (χ2n) is 4.70. The summed E-state index contributed by atoms with van der Waals surface area (Å²) in [5.41, 5.74) is 0.000712. The van der Waals surface area contributed by atoms with Gasteiger partial charge in [-0.05, 0) is 19.1 Å². The molecule has 0 radical (unpaired) electrons. The fraction of sp³-hybridized carbons (Fsp3) is 0.214. The van der Waals surface area contributed by atoms with Crippen molar-refractivity contribution >= 4 is 34.2 Å². The van der Waals surface area contributed by atoms with Gasteiger partial charge in [0, 0.05) is 7.05 Å². The smallest absolute Gasteiger partial charge is 0.413 e. The number of hydrogen-bond acceptors (Lipinski definition) is 10. The highest BCUT2D eigenvalue weighted by atomic mass is 32.2. The van der Waals surface area contributed by atoms with Gasteiger partial charge in [0.25, 0.3) is 0 Å². The van der Waals surface area contributed by atoms with E-state index in [0.717, 1.165) is 0 Å². The number of anilines is 2. The summed E-state index contributed by atoms with van der Waals surface area (Å²) in [4.78, 5) is 35.1. The molecule has 0 aliphatic rings. The van der Waals surface area contributed by atoms with Crippen molar-refractivity contribution in [3.8, 4) is 6.01 Å². The van der Waals surface area contributed by atoms with E-state index in [0.29, 0.717) is 0 Å². The molecule has 0 spiro atoms. The fourth-order valence-corrected chi connectivity index (χ4v) is 2.32. The first-order valence-electron chi connectivity index (χ1n) is 7.52. The van der Waals surface area contributed by atoms with Gasteiger partial charge in [0.05, 0.1) is 12.2 Å². The van der Waals surface area contributed by atoms with Crippen LogP contribution in [-0.4, -0.2) is 49.0 Å². The number of urea groups is 1. The molecule has 3 N–H and O–H groups in total. The lowest BCUT2D eigenvalue weighted by atomic mass is 10.2. The maximum Gasteiger partial charge on any atom is 0.413 e. The van der Waals surface area contributed by atoms with Crippen LogP contribution in [-0.2, 0) is 14.5 Å². The third-order valence-electron chi connectivity index (χ3n) is 2.75. The van der Waals surface area contributed by atoms with Crippen molar-refractivity contribution < 1.29 is 26.9 Å². The van der Waals surface area contributed by atoms with Gasteiger partial charge in [-0.1, -0.05) is 18.2 Å². The number of nitrogens with one attached hydrogen (secondary N) is 3. The van der Waals surface area contributed by atoms with Crippen molar-refractivity contribution in [3.05, 3.63) is 35.9 Å². The molecule has 2 aromatic rings. The topological polar surface area (TPSA) is 162 Å². The van der Waals surface area contributed by atoms with Crippen LogP contribution in [0.3, 0.4) is 0 Å². The molecular weight excluding hydrogens is 380 g/mol. The van der Waals surface area contributed by atoms with Crippen LogP contribution in [0.25, 0.3) is 0 Å². The van der Waals surface area contributed by atoms with E-state index in [1.165, 1.54) is 36.0 Å². The number of aromatic nitrogens is 3. The first-order chi connectivity index (χ1) is 12.8. The predicted octanol–water partition coefficient (Wildman–Crippen LogP) is 0.535. The molecule has 0 unspecified atom stereocenters. The Labute approximate surface area is 154 Å². The molecule has 2 amide bonds. The van der Waals surface area contributed by atoms with Gasteiger partial charge < -0.3 is 14.2 Å². The zero-order valence-corrected chi connectivity index (χ0v) is 15.1. The first kappa shape index (κ1) is 19.8. The molecule has 27 heavy (non-hydrogen) atoms. The van der Waals surface area contributed by atoms with Crippen LogP contribution in [0.4, 0.5) is 16.7 Å². The number of ether oxygens (including phenoxy) is 1. The predicted molar refractivity (Wildman–Crippen MR) is 93.5 cm³/mol. The molecule has 1 heterocycles. The third-order valence-corrected chi connectivity index (χ3v) is 3.56. The van der Waals surface area contributed by atoms with Crippen molar-refractivity contribution in [1.29, 1.82) is 0 Å². The Hall–Kier alpha value is -3.48. The van der Waals surface area contributed by atoms with E-state index in [2.05, 4.69) is 29.8 Å². The van der Waals surface area contributed by atoms with Gasteiger partial charge in [-0.3, -0.25) is 5.32 Å². The van der Waals surface area contributed by atoms with Crippen LogP contribution in [0, 0.1) is 0 Å². The highest BCUT2D eigenvalue weighted by Gasteiger charge is 2.22. The summed E-state index contributed by atoms with van der Waals surface area (Å²) in [6.07, 6.45) is 0. The second kappa shape index (κ2) is 8.75. The summed E-state index contributed by atoms with van der Waals surface area (Å²) in [5.74, 6) is -1.34. The Morgan fingerprint density at radius 2 is 1.74 bits per heavy atom. The quantitative estimate of drug-likeness (QED) is 0.602. The molecule has 13 heteroatoms. The second-order valence-corrected chi connectivity index (χ2v) is 5.97. The minimum atomic E-state index is -4.71. The average molecular weight is 396 g/mol. The molecule has 144 valence electrons. The molecule has 12 nitrogen and oxygen atoms in total. The van der Waals surface area contributed by atoms with Crippen molar-refractivity contribution in [2.24, 2.45) is 0 Å². The van der Waals surface area contributed by atoms with E-state index in [1.54, 1.807) is 13.0 Å². The van der Waals surface area contributed by atoms with Gasteiger partial charge in [0.1, 0.15) is 0 Å². The average Bonchev–Trinajstić information content (AvgIpc) is 2.61. The number of amides is 2. The number of carbonyl (C=O) groups is 2. The minimum absolute atomic E-state index is 0.000712. The molecule has 0 saturated heterocycles. The van der Waals surface area contributed by atoms with Crippen LogP contribution < -0.4 is 20.1 Å². The Morgan fingerprint density at radius 1 is 1.07 bits per heavy atom. The van der Waals surface area contributed by atoms with Gasteiger partial charge in [0.15, 0.2) is 0 Å². The van der Waals surface area contributed by atoms with Crippen LogP contribution in [0.2, 0.25) is 0 Å². The number of hydrogen-bond donors (Lipinski definition) is 3. The Morgan fingerprint density at radius 3 is 2.37 bits per heavy atom. The van der Waals surface area contributed by atoms with Gasteiger partial charge in [-0.25, -0.2) is 14.3 Å². The molecule has 0 aliphatic carbocycles. The normalized spacial score (nSPS) is 10.6. The standard InChI is InChI=1S/C14H16N6O6S/c1-3-25-14-18-11(15-2)16-12(19-14)17-13(22)20-27(23,24)26-10(21)9-7-5-4-6-8-9/h4-8H,3H2,1-2H3,(H3,15,16,17,18,19,20,22). The number of nitrogens with zero attached hydrogens (tertiary/aromatic N) is 3. The number of rotatable bonds is 7. The summed E-state index contributed by atoms with van der Waals surface area (Å²) in [6, 6.07) is 6.09. The van der Waals surface area contributed by atoms with Gasteiger partial charge in [0.2, 0.25) is 11.9 Å². The molecule has 0 atom stereocenters. The van der Waals surface area contributed by atoms with Crippen LogP contribution in [0.15, 0.2) is 30.3 Å². The van der Waals surface area contributed by atoms with Crippen LogP contribution in [0.1, 0.15) is 17.3 Å². The van der Waals surface area contributed by atoms with Gasteiger partial charge in [-0.2, -0.15) is 23.4 Å². The van der Waals surface area contributed by atoms with E-state index >= 15 is 0 Å². The Balaban J connectivity index is 2.04. The fourth-order valence-electron chi connectivity index (χ4n) is 1.70. The molecular formula is C14H16N6O6S. The summed E-state index contributed by atoms with van der Waals surface area (Å²) >= 11 is 0. The molecule has 0 aliphatic heterocycles. The molecule has 0 saturated carbocycles. The van der Waals surface area contributed by atoms with Crippen LogP contribution in [0.5, 0.6) is 6.01 Å². The zero-order chi connectivity index (χ0) is 19.9. The molecule has 0 fully saturated rings. The van der Waals surface area contributed by atoms with Gasteiger partial charge >= 0.3 is 28.3 Å². The molecule has 1 aromatic heterocycles. The summed E-state index contributed by atoms with van der Waals surface area (Å²) < 4.78 is 34.5.